The molecule has 3 nitrogen and oxygen atoms in total. The van der Waals surface area contributed by atoms with E-state index in [1.807, 2.05) is 0 Å². The summed E-state index contributed by atoms with van der Waals surface area (Å²) in [6.45, 7) is 1.76. The van der Waals surface area contributed by atoms with Crippen LogP contribution >= 0.6 is 0 Å². The van der Waals surface area contributed by atoms with Crippen molar-refractivity contribution in [3.8, 4) is 5.69 Å². The maximum Gasteiger partial charge on any atom is 0.352 e. The molecule has 0 saturated carbocycles. The molecule has 1 aromatic carbocycles. The highest BCUT2D eigenvalue weighted by molar-refractivity contribution is 5.86. The molecule has 2 rings (SSSR count). The van der Waals surface area contributed by atoms with Gasteiger partial charge in [0.25, 0.3) is 0 Å². The summed E-state index contributed by atoms with van der Waals surface area (Å²) in [7, 11) is 0. The maximum absolute atomic E-state index is 13.2. The Morgan fingerprint density at radius 3 is 2.75 bits per heavy atom. The van der Waals surface area contributed by atoms with Crippen molar-refractivity contribution in [2.45, 2.75) is 6.92 Å². The van der Waals surface area contributed by atoms with Gasteiger partial charge < -0.3 is 9.67 Å². The number of halogens is 1. The Kier molecular flexibility index (Phi) is 2.48. The number of carboxylic acids is 1. The van der Waals surface area contributed by atoms with Gasteiger partial charge in [-0.1, -0.05) is 0 Å². The molecule has 1 aromatic heterocycles. The zero-order valence-electron chi connectivity index (χ0n) is 8.64. The van der Waals surface area contributed by atoms with E-state index in [9.17, 15) is 9.18 Å². The molecule has 0 bridgehead atoms. The highest BCUT2D eigenvalue weighted by Crippen LogP contribution is 2.16. The summed E-state index contributed by atoms with van der Waals surface area (Å²) < 4.78 is 14.6. The minimum atomic E-state index is -1.04. The molecule has 16 heavy (non-hydrogen) atoms. The third kappa shape index (κ3) is 1.82. The zero-order chi connectivity index (χ0) is 11.7. The predicted octanol–water partition coefficient (Wildman–Crippen LogP) is 2.62. The molecule has 1 heterocycles. The number of aryl methyl sites for hydroxylation is 1. The SMILES string of the molecule is Cc1cc(F)cc(-n2cccc2C(=O)O)c1. The summed E-state index contributed by atoms with van der Waals surface area (Å²) >= 11 is 0. The quantitative estimate of drug-likeness (QED) is 0.843. The molecule has 2 aromatic rings. The van der Waals surface area contributed by atoms with Gasteiger partial charge in [0.2, 0.25) is 0 Å². The molecule has 4 heteroatoms. The van der Waals surface area contributed by atoms with Gasteiger partial charge in [-0.2, -0.15) is 0 Å². The molecule has 0 amide bonds. The molecule has 0 saturated heterocycles. The van der Waals surface area contributed by atoms with Gasteiger partial charge in [0.05, 0.1) is 0 Å². The Bertz CT molecular complexity index is 525. The van der Waals surface area contributed by atoms with Crippen LogP contribution < -0.4 is 0 Å². The van der Waals surface area contributed by atoms with Gasteiger partial charge in [-0.3, -0.25) is 0 Å². The smallest absolute Gasteiger partial charge is 0.352 e. The van der Waals surface area contributed by atoms with Crippen molar-refractivity contribution in [1.29, 1.82) is 0 Å². The summed E-state index contributed by atoms with van der Waals surface area (Å²) in [5, 5.41) is 8.94. The van der Waals surface area contributed by atoms with Crippen LogP contribution in [0, 0.1) is 12.7 Å². The second-order valence-electron chi connectivity index (χ2n) is 3.56. The van der Waals surface area contributed by atoms with Crippen LogP contribution in [-0.4, -0.2) is 15.6 Å². The number of hydrogen-bond acceptors (Lipinski definition) is 1. The molecule has 1 N–H and O–H groups in total. The van der Waals surface area contributed by atoms with E-state index in [0.717, 1.165) is 5.56 Å². The lowest BCUT2D eigenvalue weighted by molar-refractivity contribution is 0.0688. The van der Waals surface area contributed by atoms with E-state index in [4.69, 9.17) is 5.11 Å². The summed E-state index contributed by atoms with van der Waals surface area (Å²) in [4.78, 5) is 10.9. The Labute approximate surface area is 91.8 Å². The monoisotopic (exact) mass is 219 g/mol. The molecule has 0 fully saturated rings. The standard InChI is InChI=1S/C12H10FNO2/c1-8-5-9(13)7-10(6-8)14-4-2-3-11(14)12(15)16/h2-7H,1H3,(H,15,16). The molecule has 0 radical (unpaired) electrons. The third-order valence-electron chi connectivity index (χ3n) is 2.27. The van der Waals surface area contributed by atoms with Gasteiger partial charge >= 0.3 is 5.97 Å². The number of carboxylic acid groups (broad SMARTS) is 1. The zero-order valence-corrected chi connectivity index (χ0v) is 8.64. The molecule has 0 unspecified atom stereocenters. The largest absolute Gasteiger partial charge is 0.477 e. The number of aromatic nitrogens is 1. The Morgan fingerprint density at radius 1 is 1.38 bits per heavy atom. The van der Waals surface area contributed by atoms with Crippen molar-refractivity contribution in [1.82, 2.24) is 4.57 Å². The van der Waals surface area contributed by atoms with Crippen LogP contribution in [-0.2, 0) is 0 Å². The van der Waals surface area contributed by atoms with Gasteiger partial charge in [-0.15, -0.1) is 0 Å². The molecule has 0 atom stereocenters. The summed E-state index contributed by atoms with van der Waals surface area (Å²) in [6, 6.07) is 7.52. The van der Waals surface area contributed by atoms with Crippen molar-refractivity contribution < 1.29 is 14.3 Å². The van der Waals surface area contributed by atoms with E-state index in [1.54, 1.807) is 25.3 Å². The van der Waals surface area contributed by atoms with Crippen molar-refractivity contribution in [2.24, 2.45) is 0 Å². The highest BCUT2D eigenvalue weighted by Gasteiger charge is 2.10. The van der Waals surface area contributed by atoms with Crippen molar-refractivity contribution in [3.05, 3.63) is 53.6 Å². The highest BCUT2D eigenvalue weighted by atomic mass is 19.1. The second kappa shape index (κ2) is 3.81. The third-order valence-corrected chi connectivity index (χ3v) is 2.27. The van der Waals surface area contributed by atoms with Crippen LogP contribution in [0.15, 0.2) is 36.5 Å². The number of carbonyl (C=O) groups is 1. The van der Waals surface area contributed by atoms with E-state index >= 15 is 0 Å². The molecular formula is C12H10FNO2. The van der Waals surface area contributed by atoms with E-state index in [1.165, 1.54) is 22.8 Å². The van der Waals surface area contributed by atoms with Gasteiger partial charge in [-0.05, 0) is 42.8 Å². The molecule has 0 aliphatic heterocycles. The van der Waals surface area contributed by atoms with Crippen molar-refractivity contribution in [3.63, 3.8) is 0 Å². The second-order valence-corrected chi connectivity index (χ2v) is 3.56. The van der Waals surface area contributed by atoms with E-state index < -0.39 is 5.97 Å². The van der Waals surface area contributed by atoms with Crippen LogP contribution in [0.2, 0.25) is 0 Å². The number of aromatic carboxylic acids is 1. The molecule has 0 aliphatic carbocycles. The van der Waals surface area contributed by atoms with Crippen molar-refractivity contribution >= 4 is 5.97 Å². The van der Waals surface area contributed by atoms with Gasteiger partial charge in [0, 0.05) is 11.9 Å². The fraction of sp³-hybridized carbons (Fsp3) is 0.0833. The van der Waals surface area contributed by atoms with Crippen LogP contribution in [0.4, 0.5) is 4.39 Å². The maximum atomic E-state index is 13.2. The molecule has 0 aliphatic rings. The number of rotatable bonds is 2. The topological polar surface area (TPSA) is 42.2 Å². The summed E-state index contributed by atoms with van der Waals surface area (Å²) in [5.74, 6) is -1.41. The average Bonchev–Trinajstić information content (AvgIpc) is 2.63. The first-order valence-corrected chi connectivity index (χ1v) is 4.76. The Balaban J connectivity index is 2.58. The van der Waals surface area contributed by atoms with E-state index in [-0.39, 0.29) is 11.5 Å². The van der Waals surface area contributed by atoms with Gasteiger partial charge in [0.1, 0.15) is 11.5 Å². The van der Waals surface area contributed by atoms with Crippen LogP contribution in [0.25, 0.3) is 5.69 Å². The molecular weight excluding hydrogens is 209 g/mol. The lowest BCUT2D eigenvalue weighted by Crippen LogP contribution is -2.06. The normalized spacial score (nSPS) is 10.4. The number of benzene rings is 1. The van der Waals surface area contributed by atoms with Crippen LogP contribution in [0.5, 0.6) is 0 Å². The molecule has 0 spiro atoms. The van der Waals surface area contributed by atoms with Crippen molar-refractivity contribution in [2.75, 3.05) is 0 Å². The predicted molar refractivity (Wildman–Crippen MR) is 57.4 cm³/mol. The first-order valence-electron chi connectivity index (χ1n) is 4.76. The minimum Gasteiger partial charge on any atom is -0.477 e. The lowest BCUT2D eigenvalue weighted by Gasteiger charge is -2.07. The number of nitrogens with zero attached hydrogens (tertiary/aromatic N) is 1. The van der Waals surface area contributed by atoms with Gasteiger partial charge in [0.15, 0.2) is 0 Å². The average molecular weight is 219 g/mol. The fourth-order valence-corrected chi connectivity index (χ4v) is 1.64. The Morgan fingerprint density at radius 2 is 2.12 bits per heavy atom. The van der Waals surface area contributed by atoms with Gasteiger partial charge in [-0.25, -0.2) is 9.18 Å². The van der Waals surface area contributed by atoms with E-state index in [0.29, 0.717) is 5.69 Å². The molecule has 82 valence electrons. The minimum absolute atomic E-state index is 0.116. The lowest BCUT2D eigenvalue weighted by atomic mass is 10.2. The summed E-state index contributed by atoms with van der Waals surface area (Å²) in [5.41, 5.74) is 1.38. The number of hydrogen-bond donors (Lipinski definition) is 1. The summed E-state index contributed by atoms with van der Waals surface area (Å²) in [6.07, 6.45) is 1.59. The van der Waals surface area contributed by atoms with Crippen LogP contribution in [0.1, 0.15) is 16.1 Å². The van der Waals surface area contributed by atoms with Crippen LogP contribution in [0.3, 0.4) is 0 Å². The Hall–Kier alpha value is -2.10. The first-order chi connectivity index (χ1) is 7.58. The first kappa shape index (κ1) is 10.4. The fourth-order valence-electron chi connectivity index (χ4n) is 1.64. The van der Waals surface area contributed by atoms with E-state index in [2.05, 4.69) is 0 Å².